The Hall–Kier alpha value is -1.54. The van der Waals surface area contributed by atoms with Crippen molar-refractivity contribution in [2.75, 3.05) is 26.3 Å². The lowest BCUT2D eigenvalue weighted by molar-refractivity contribution is -0.385. The summed E-state index contributed by atoms with van der Waals surface area (Å²) in [5, 5.41) is 14.9. The molecule has 7 nitrogen and oxygen atoms in total. The number of aromatic nitrogens is 2. The lowest BCUT2D eigenvalue weighted by Gasteiger charge is -2.42. The Morgan fingerprint density at radius 2 is 2.30 bits per heavy atom. The molecule has 0 aliphatic carbocycles. The van der Waals surface area contributed by atoms with E-state index in [4.69, 9.17) is 4.74 Å². The van der Waals surface area contributed by atoms with Crippen molar-refractivity contribution in [2.45, 2.75) is 31.6 Å². The SMILES string of the molecule is Cc1nn(C2CCN(C3COC3)CC2F)cc1[N+](=O)[O-]. The minimum atomic E-state index is -1.07. The normalized spacial score (nSPS) is 28.3. The molecule has 0 radical (unpaired) electrons. The Morgan fingerprint density at radius 3 is 2.80 bits per heavy atom. The Labute approximate surface area is 115 Å². The van der Waals surface area contributed by atoms with Crippen LogP contribution in [-0.2, 0) is 4.74 Å². The first-order valence-electron chi connectivity index (χ1n) is 6.72. The van der Waals surface area contributed by atoms with E-state index in [1.54, 1.807) is 6.92 Å². The fourth-order valence-corrected chi connectivity index (χ4v) is 2.80. The first-order chi connectivity index (χ1) is 9.56. The number of rotatable bonds is 3. The summed E-state index contributed by atoms with van der Waals surface area (Å²) < 4.78 is 20.9. The summed E-state index contributed by atoms with van der Waals surface area (Å²) in [7, 11) is 0. The van der Waals surface area contributed by atoms with E-state index in [-0.39, 0.29) is 5.69 Å². The second-order valence-corrected chi connectivity index (χ2v) is 5.40. The highest BCUT2D eigenvalue weighted by molar-refractivity contribution is 5.31. The predicted octanol–water partition coefficient (Wildman–Crippen LogP) is 1.08. The van der Waals surface area contributed by atoms with Crippen LogP contribution in [0.5, 0.6) is 0 Å². The van der Waals surface area contributed by atoms with Gasteiger partial charge < -0.3 is 4.74 Å². The Kier molecular flexibility index (Phi) is 3.43. The summed E-state index contributed by atoms with van der Waals surface area (Å²) in [5.41, 5.74) is 0.282. The summed E-state index contributed by atoms with van der Waals surface area (Å²) in [6, 6.07) is -0.0949. The first-order valence-corrected chi connectivity index (χ1v) is 6.72. The van der Waals surface area contributed by atoms with Crippen LogP contribution in [0.3, 0.4) is 0 Å². The maximum atomic E-state index is 14.3. The molecule has 2 atom stereocenters. The van der Waals surface area contributed by atoms with Gasteiger partial charge >= 0.3 is 5.69 Å². The monoisotopic (exact) mass is 284 g/mol. The van der Waals surface area contributed by atoms with Gasteiger partial charge in [0.15, 0.2) is 0 Å². The summed E-state index contributed by atoms with van der Waals surface area (Å²) >= 11 is 0. The molecule has 2 fully saturated rings. The highest BCUT2D eigenvalue weighted by atomic mass is 19.1. The molecule has 2 unspecified atom stereocenters. The van der Waals surface area contributed by atoms with Gasteiger partial charge in [-0.3, -0.25) is 19.7 Å². The molecule has 2 saturated heterocycles. The van der Waals surface area contributed by atoms with Gasteiger partial charge in [-0.05, 0) is 13.3 Å². The molecular formula is C12H17FN4O3. The van der Waals surface area contributed by atoms with Gasteiger partial charge in [0.25, 0.3) is 0 Å². The minimum absolute atomic E-state index is 0.0491. The average molecular weight is 284 g/mol. The van der Waals surface area contributed by atoms with E-state index >= 15 is 0 Å². The number of hydrogen-bond donors (Lipinski definition) is 0. The van der Waals surface area contributed by atoms with Gasteiger partial charge in [0, 0.05) is 13.1 Å². The van der Waals surface area contributed by atoms with Gasteiger partial charge in [0.1, 0.15) is 18.1 Å². The fourth-order valence-electron chi connectivity index (χ4n) is 2.80. The lowest BCUT2D eigenvalue weighted by Crippen LogP contribution is -2.55. The minimum Gasteiger partial charge on any atom is -0.378 e. The van der Waals surface area contributed by atoms with E-state index in [0.29, 0.717) is 37.9 Å². The molecular weight excluding hydrogens is 267 g/mol. The molecule has 0 saturated carbocycles. The van der Waals surface area contributed by atoms with Gasteiger partial charge in [-0.1, -0.05) is 0 Å². The van der Waals surface area contributed by atoms with Crippen LogP contribution in [0.1, 0.15) is 18.2 Å². The number of hydrogen-bond acceptors (Lipinski definition) is 5. The van der Waals surface area contributed by atoms with E-state index < -0.39 is 17.1 Å². The van der Waals surface area contributed by atoms with Crippen molar-refractivity contribution < 1.29 is 14.1 Å². The topological polar surface area (TPSA) is 73.4 Å². The summed E-state index contributed by atoms with van der Waals surface area (Å²) in [4.78, 5) is 12.4. The number of piperidine rings is 1. The van der Waals surface area contributed by atoms with Crippen LogP contribution in [0.15, 0.2) is 6.20 Å². The zero-order valence-corrected chi connectivity index (χ0v) is 11.2. The molecule has 8 heteroatoms. The Bertz CT molecular complexity index is 517. The zero-order chi connectivity index (χ0) is 14.3. The molecule has 0 aromatic carbocycles. The van der Waals surface area contributed by atoms with Crippen molar-refractivity contribution in [3.63, 3.8) is 0 Å². The van der Waals surface area contributed by atoms with Crippen LogP contribution in [0.2, 0.25) is 0 Å². The molecule has 2 aliphatic rings. The third-order valence-electron chi connectivity index (χ3n) is 4.10. The van der Waals surface area contributed by atoms with E-state index in [1.165, 1.54) is 10.9 Å². The van der Waals surface area contributed by atoms with E-state index in [2.05, 4.69) is 10.00 Å². The van der Waals surface area contributed by atoms with Crippen LogP contribution in [-0.4, -0.2) is 58.1 Å². The van der Waals surface area contributed by atoms with Gasteiger partial charge in [-0.25, -0.2) is 4.39 Å². The predicted molar refractivity (Wildman–Crippen MR) is 68.3 cm³/mol. The highest BCUT2D eigenvalue weighted by Crippen LogP contribution is 2.29. The number of nitrogens with zero attached hydrogens (tertiary/aromatic N) is 4. The van der Waals surface area contributed by atoms with Crippen molar-refractivity contribution in [2.24, 2.45) is 0 Å². The van der Waals surface area contributed by atoms with E-state index in [1.807, 2.05) is 0 Å². The lowest BCUT2D eigenvalue weighted by atomic mass is 10.0. The number of nitro groups is 1. The standard InChI is InChI=1S/C12H17FN4O3/c1-8-12(17(18)19)5-16(14-8)11-2-3-15(4-10(11)13)9-6-20-7-9/h5,9-11H,2-4,6-7H2,1H3. The smallest absolute Gasteiger partial charge is 0.309 e. The second kappa shape index (κ2) is 5.10. The van der Waals surface area contributed by atoms with E-state index in [9.17, 15) is 14.5 Å². The summed E-state index contributed by atoms with van der Waals surface area (Å²) in [6.07, 6.45) is 0.883. The van der Waals surface area contributed by atoms with Crippen LogP contribution in [0.25, 0.3) is 0 Å². The molecule has 20 heavy (non-hydrogen) atoms. The van der Waals surface area contributed by atoms with Gasteiger partial charge in [-0.2, -0.15) is 5.10 Å². The van der Waals surface area contributed by atoms with Crippen LogP contribution in [0.4, 0.5) is 10.1 Å². The van der Waals surface area contributed by atoms with Crippen molar-refractivity contribution in [3.05, 3.63) is 22.0 Å². The molecule has 0 N–H and O–H groups in total. The number of halogens is 1. The summed E-state index contributed by atoms with van der Waals surface area (Å²) in [6.45, 7) is 4.02. The van der Waals surface area contributed by atoms with Gasteiger partial charge in [0.05, 0.1) is 30.2 Å². The molecule has 3 heterocycles. The number of likely N-dealkylation sites (tertiary alicyclic amines) is 1. The quantitative estimate of drug-likeness (QED) is 0.613. The second-order valence-electron chi connectivity index (χ2n) is 5.40. The first kappa shape index (κ1) is 13.4. The van der Waals surface area contributed by atoms with Crippen molar-refractivity contribution in [1.29, 1.82) is 0 Å². The number of ether oxygens (including phenoxy) is 1. The zero-order valence-electron chi connectivity index (χ0n) is 11.2. The van der Waals surface area contributed by atoms with Crippen LogP contribution >= 0.6 is 0 Å². The van der Waals surface area contributed by atoms with Crippen LogP contribution < -0.4 is 0 Å². The van der Waals surface area contributed by atoms with Crippen molar-refractivity contribution >= 4 is 5.69 Å². The largest absolute Gasteiger partial charge is 0.378 e. The molecule has 0 bridgehead atoms. The number of alkyl halides is 1. The Balaban J connectivity index is 1.71. The molecule has 3 rings (SSSR count). The summed E-state index contributed by atoms with van der Waals surface area (Å²) in [5.74, 6) is 0. The molecule has 0 amide bonds. The van der Waals surface area contributed by atoms with Crippen molar-refractivity contribution in [3.8, 4) is 0 Å². The van der Waals surface area contributed by atoms with E-state index in [0.717, 1.165) is 6.54 Å². The Morgan fingerprint density at radius 1 is 1.55 bits per heavy atom. The fraction of sp³-hybridized carbons (Fsp3) is 0.750. The molecule has 2 aliphatic heterocycles. The van der Waals surface area contributed by atoms with Gasteiger partial charge in [-0.15, -0.1) is 0 Å². The van der Waals surface area contributed by atoms with Crippen molar-refractivity contribution in [1.82, 2.24) is 14.7 Å². The molecule has 0 spiro atoms. The van der Waals surface area contributed by atoms with Crippen LogP contribution in [0, 0.1) is 17.0 Å². The number of aryl methyl sites for hydroxylation is 1. The maximum absolute atomic E-state index is 14.3. The van der Waals surface area contributed by atoms with Gasteiger partial charge in [0.2, 0.25) is 0 Å². The highest BCUT2D eigenvalue weighted by Gasteiger charge is 2.37. The maximum Gasteiger partial charge on any atom is 0.309 e. The molecule has 1 aromatic rings. The third kappa shape index (κ3) is 2.29. The average Bonchev–Trinajstić information content (AvgIpc) is 2.69. The third-order valence-corrected chi connectivity index (χ3v) is 4.10. The molecule has 110 valence electrons. The molecule has 1 aromatic heterocycles.